The monoisotopic (exact) mass is 444 g/mol. The average Bonchev–Trinajstić information content (AvgIpc) is 2.80. The zero-order valence-corrected chi connectivity index (χ0v) is 15.6. The van der Waals surface area contributed by atoms with Crippen LogP contribution in [0.15, 0.2) is 21.6 Å². The summed E-state index contributed by atoms with van der Waals surface area (Å²) in [6, 6.07) is 1.71. The summed E-state index contributed by atoms with van der Waals surface area (Å²) in [6.07, 6.45) is -4.28. The third-order valence-corrected chi connectivity index (χ3v) is 4.69. The first kappa shape index (κ1) is 19.7. The van der Waals surface area contributed by atoms with Crippen molar-refractivity contribution in [3.8, 4) is 17.1 Å². The Labute approximate surface area is 149 Å². The molecule has 0 radical (unpaired) electrons. The summed E-state index contributed by atoms with van der Waals surface area (Å²) in [7, 11) is -3.81. The molecule has 0 spiro atoms. The summed E-state index contributed by atoms with van der Waals surface area (Å²) >= 11 is 2.67. The van der Waals surface area contributed by atoms with Gasteiger partial charge in [-0.25, -0.2) is 17.8 Å². The minimum Gasteiger partial charge on any atom is -0.490 e. The molecular formula is C14H13BrF4N2O3S. The van der Waals surface area contributed by atoms with Crippen molar-refractivity contribution in [3.05, 3.63) is 28.2 Å². The number of benzene rings is 1. The van der Waals surface area contributed by atoms with Gasteiger partial charge in [0.15, 0.2) is 15.5 Å². The molecule has 5 nitrogen and oxygen atoms in total. The van der Waals surface area contributed by atoms with E-state index < -0.39 is 49.0 Å². The van der Waals surface area contributed by atoms with Crippen LogP contribution in [-0.2, 0) is 16.0 Å². The third-order valence-electron chi connectivity index (χ3n) is 2.99. The minimum atomic E-state index is -4.72. The van der Waals surface area contributed by atoms with E-state index in [0.29, 0.717) is 6.07 Å². The summed E-state index contributed by atoms with van der Waals surface area (Å²) in [5.74, 6) is -1.63. The number of imidazole rings is 1. The lowest BCUT2D eigenvalue weighted by atomic mass is 10.2. The zero-order valence-electron chi connectivity index (χ0n) is 13.2. The fourth-order valence-electron chi connectivity index (χ4n) is 2.02. The van der Waals surface area contributed by atoms with Crippen molar-refractivity contribution >= 4 is 25.8 Å². The van der Waals surface area contributed by atoms with Gasteiger partial charge in [0.2, 0.25) is 0 Å². The van der Waals surface area contributed by atoms with Gasteiger partial charge >= 0.3 is 6.18 Å². The summed E-state index contributed by atoms with van der Waals surface area (Å²) in [6.45, 7) is 3.25. The molecule has 0 atom stereocenters. The predicted octanol–water partition coefficient (Wildman–Crippen LogP) is 4.19. The van der Waals surface area contributed by atoms with Gasteiger partial charge in [0, 0.05) is 6.26 Å². The van der Waals surface area contributed by atoms with Gasteiger partial charge in [-0.1, -0.05) is 0 Å². The van der Waals surface area contributed by atoms with E-state index in [4.69, 9.17) is 4.74 Å². The Morgan fingerprint density at radius 2 is 1.88 bits per heavy atom. The number of nitrogens with one attached hydrogen (secondary N) is 1. The Morgan fingerprint density at radius 1 is 1.28 bits per heavy atom. The van der Waals surface area contributed by atoms with Crippen LogP contribution in [-0.4, -0.2) is 30.7 Å². The van der Waals surface area contributed by atoms with Crippen molar-refractivity contribution in [3.63, 3.8) is 0 Å². The number of aromatic amines is 1. The quantitative estimate of drug-likeness (QED) is 0.717. The molecule has 138 valence electrons. The van der Waals surface area contributed by atoms with Crippen LogP contribution in [0.2, 0.25) is 0 Å². The van der Waals surface area contributed by atoms with E-state index in [1.54, 1.807) is 13.8 Å². The standard InChI is InChI=1S/C14H13BrF4N2O3S/c1-6(2)24-9-4-7(8(16)5-10(9)25(3,22)23)13-20-11(12(15)21-13)14(17,18)19/h4-6H,1-3H3,(H,20,21). The summed E-state index contributed by atoms with van der Waals surface area (Å²) < 4.78 is 81.3. The van der Waals surface area contributed by atoms with Gasteiger partial charge < -0.3 is 9.72 Å². The second kappa shape index (κ2) is 6.60. The van der Waals surface area contributed by atoms with E-state index in [1.165, 1.54) is 0 Å². The highest BCUT2D eigenvalue weighted by Crippen LogP contribution is 2.37. The van der Waals surface area contributed by atoms with Crippen LogP contribution in [0, 0.1) is 5.82 Å². The second-order valence-electron chi connectivity index (χ2n) is 5.47. The van der Waals surface area contributed by atoms with Crippen molar-refractivity contribution in [1.29, 1.82) is 0 Å². The molecule has 0 saturated carbocycles. The first-order valence-corrected chi connectivity index (χ1v) is 9.52. The van der Waals surface area contributed by atoms with Gasteiger partial charge in [0.05, 0.1) is 11.7 Å². The van der Waals surface area contributed by atoms with E-state index in [1.807, 2.05) is 4.98 Å². The average molecular weight is 445 g/mol. The van der Waals surface area contributed by atoms with Crippen LogP contribution in [0.1, 0.15) is 19.5 Å². The number of rotatable bonds is 4. The van der Waals surface area contributed by atoms with Crippen LogP contribution < -0.4 is 4.74 Å². The van der Waals surface area contributed by atoms with E-state index in [0.717, 1.165) is 12.3 Å². The number of alkyl halides is 3. The summed E-state index contributed by atoms with van der Waals surface area (Å²) in [4.78, 5) is 5.21. The highest BCUT2D eigenvalue weighted by Gasteiger charge is 2.36. The molecule has 0 bridgehead atoms. The lowest BCUT2D eigenvalue weighted by Gasteiger charge is -2.15. The zero-order chi connectivity index (χ0) is 19.2. The van der Waals surface area contributed by atoms with E-state index in [2.05, 4.69) is 20.9 Å². The minimum absolute atomic E-state index is 0.171. The first-order valence-electron chi connectivity index (χ1n) is 6.84. The Bertz CT molecular complexity index is 908. The van der Waals surface area contributed by atoms with Crippen LogP contribution in [0.25, 0.3) is 11.4 Å². The number of hydrogen-bond acceptors (Lipinski definition) is 4. The number of H-pyrrole nitrogens is 1. The topological polar surface area (TPSA) is 72.0 Å². The third kappa shape index (κ3) is 4.32. The molecule has 1 heterocycles. The molecule has 2 rings (SSSR count). The number of nitrogens with zero attached hydrogens (tertiary/aromatic N) is 1. The van der Waals surface area contributed by atoms with Crippen LogP contribution >= 0.6 is 15.9 Å². The van der Waals surface area contributed by atoms with Crippen molar-refractivity contribution in [2.24, 2.45) is 0 Å². The first-order chi connectivity index (χ1) is 11.3. The SMILES string of the molecule is CC(C)Oc1cc(-c2nc(Br)c(C(F)(F)F)[nH]2)c(F)cc1S(C)(=O)=O. The van der Waals surface area contributed by atoms with Gasteiger partial charge in [0.1, 0.15) is 26.9 Å². The number of ether oxygens (including phenoxy) is 1. The molecule has 0 fully saturated rings. The Balaban J connectivity index is 2.67. The van der Waals surface area contributed by atoms with Crippen molar-refractivity contribution in [2.45, 2.75) is 31.0 Å². The molecule has 0 amide bonds. The molecule has 0 aliphatic carbocycles. The van der Waals surface area contributed by atoms with Crippen LogP contribution in [0.4, 0.5) is 17.6 Å². The second-order valence-corrected chi connectivity index (χ2v) is 8.20. The smallest absolute Gasteiger partial charge is 0.433 e. The van der Waals surface area contributed by atoms with Crippen molar-refractivity contribution in [2.75, 3.05) is 6.26 Å². The number of hydrogen-bond donors (Lipinski definition) is 1. The van der Waals surface area contributed by atoms with E-state index >= 15 is 0 Å². The maximum absolute atomic E-state index is 14.3. The van der Waals surface area contributed by atoms with Crippen molar-refractivity contribution in [1.82, 2.24) is 9.97 Å². The Morgan fingerprint density at radius 3 is 2.32 bits per heavy atom. The molecule has 0 aliphatic rings. The molecule has 11 heteroatoms. The Kier molecular flexibility index (Phi) is 5.20. The molecule has 0 aliphatic heterocycles. The van der Waals surface area contributed by atoms with Gasteiger partial charge in [-0.15, -0.1) is 0 Å². The van der Waals surface area contributed by atoms with E-state index in [9.17, 15) is 26.0 Å². The molecule has 1 aromatic carbocycles. The number of aromatic nitrogens is 2. The normalized spacial score (nSPS) is 12.7. The highest BCUT2D eigenvalue weighted by molar-refractivity contribution is 9.10. The molecule has 0 unspecified atom stereocenters. The van der Waals surface area contributed by atoms with Gasteiger partial charge in [-0.2, -0.15) is 13.2 Å². The van der Waals surface area contributed by atoms with Gasteiger partial charge in [-0.3, -0.25) is 0 Å². The lowest BCUT2D eigenvalue weighted by molar-refractivity contribution is -0.141. The fraction of sp³-hybridized carbons (Fsp3) is 0.357. The van der Waals surface area contributed by atoms with Gasteiger partial charge in [-0.05, 0) is 41.9 Å². The lowest BCUT2D eigenvalue weighted by Crippen LogP contribution is -2.10. The molecule has 25 heavy (non-hydrogen) atoms. The highest BCUT2D eigenvalue weighted by atomic mass is 79.9. The Hall–Kier alpha value is -1.62. The maximum atomic E-state index is 14.3. The van der Waals surface area contributed by atoms with Crippen LogP contribution in [0.3, 0.4) is 0 Å². The molecule has 2 aromatic rings. The van der Waals surface area contributed by atoms with E-state index in [-0.39, 0.29) is 11.3 Å². The predicted molar refractivity (Wildman–Crippen MR) is 85.6 cm³/mol. The molecular weight excluding hydrogens is 432 g/mol. The van der Waals surface area contributed by atoms with Gasteiger partial charge in [0.25, 0.3) is 0 Å². The molecule has 1 aromatic heterocycles. The summed E-state index contributed by atoms with van der Waals surface area (Å²) in [5, 5.41) is 0. The van der Waals surface area contributed by atoms with Crippen LogP contribution in [0.5, 0.6) is 5.75 Å². The molecule has 0 saturated heterocycles. The maximum Gasteiger partial charge on any atom is 0.433 e. The summed E-state index contributed by atoms with van der Waals surface area (Å²) in [5.41, 5.74) is -1.53. The van der Waals surface area contributed by atoms with Crippen molar-refractivity contribution < 1.29 is 30.7 Å². The number of sulfone groups is 1. The largest absolute Gasteiger partial charge is 0.490 e. The fourth-order valence-corrected chi connectivity index (χ4v) is 3.31. The number of halogens is 5. The molecule has 1 N–H and O–H groups in total.